The summed E-state index contributed by atoms with van der Waals surface area (Å²) in [7, 11) is 0. The zero-order chi connectivity index (χ0) is 38.2. The van der Waals surface area contributed by atoms with Crippen molar-refractivity contribution in [2.45, 2.75) is 32.1 Å². The second-order valence-electron chi connectivity index (χ2n) is 15.8. The molecule has 0 aliphatic heterocycles. The lowest BCUT2D eigenvalue weighted by molar-refractivity contribution is 0.386. The number of para-hydroxylation sites is 2. The Morgan fingerprint density at radius 2 is 1.04 bits per heavy atom. The average Bonchev–Trinajstić information content (AvgIpc) is 3.48. The van der Waals surface area contributed by atoms with Crippen molar-refractivity contribution in [1.29, 1.82) is 0 Å². The molecule has 0 heterocycles. The van der Waals surface area contributed by atoms with Crippen molar-refractivity contribution in [2.24, 2.45) is 5.41 Å². The van der Waals surface area contributed by atoms with Gasteiger partial charge >= 0.3 is 0 Å². The number of anilines is 5. The Balaban J connectivity index is 1.21. The van der Waals surface area contributed by atoms with Crippen LogP contribution in [0.5, 0.6) is 0 Å². The maximum absolute atomic E-state index is 14.4. The highest BCUT2D eigenvalue weighted by Crippen LogP contribution is 2.66. The van der Waals surface area contributed by atoms with Gasteiger partial charge in [0.1, 0.15) is 11.6 Å². The number of halogens is 2. The molecule has 0 N–H and O–H groups in total. The van der Waals surface area contributed by atoms with Gasteiger partial charge in [0.25, 0.3) is 0 Å². The summed E-state index contributed by atoms with van der Waals surface area (Å²) < 4.78 is 28.6. The van der Waals surface area contributed by atoms with E-state index in [4.69, 9.17) is 0 Å². The second kappa shape index (κ2) is 12.8. The van der Waals surface area contributed by atoms with Crippen LogP contribution in [0.1, 0.15) is 48.9 Å². The lowest BCUT2D eigenvalue weighted by atomic mass is 9.56. The van der Waals surface area contributed by atoms with Gasteiger partial charge in [-0.3, -0.25) is 0 Å². The molecule has 3 aliphatic carbocycles. The molecule has 0 spiro atoms. The van der Waals surface area contributed by atoms with Crippen molar-refractivity contribution in [3.05, 3.63) is 227 Å². The zero-order valence-corrected chi connectivity index (χ0v) is 31.5. The van der Waals surface area contributed by atoms with Gasteiger partial charge in [-0.05, 0) is 124 Å². The smallest absolute Gasteiger partial charge is 0.123 e. The lowest BCUT2D eigenvalue weighted by Gasteiger charge is -2.48. The molecule has 10 rings (SSSR count). The minimum Gasteiger partial charge on any atom is -0.311 e. The number of fused-ring (bicyclic) bond motifs is 9. The highest BCUT2D eigenvalue weighted by atomic mass is 19.1. The Kier molecular flexibility index (Phi) is 7.76. The van der Waals surface area contributed by atoms with Crippen LogP contribution in [0.15, 0.2) is 193 Å². The monoisotopic (exact) mass is 730 g/mol. The summed E-state index contributed by atoms with van der Waals surface area (Å²) in [4.78, 5) is 4.49. The van der Waals surface area contributed by atoms with Crippen molar-refractivity contribution in [3.63, 3.8) is 0 Å². The Morgan fingerprint density at radius 3 is 1.68 bits per heavy atom. The molecule has 0 radical (unpaired) electrons. The molecule has 3 aliphatic rings. The van der Waals surface area contributed by atoms with E-state index in [0.29, 0.717) is 0 Å². The van der Waals surface area contributed by atoms with E-state index in [1.54, 1.807) is 0 Å². The summed E-state index contributed by atoms with van der Waals surface area (Å²) in [6, 6.07) is 54.3. The van der Waals surface area contributed by atoms with Crippen LogP contribution in [0.25, 0.3) is 16.3 Å². The number of allylic oxidation sites excluding steroid dienone is 4. The predicted octanol–water partition coefficient (Wildman–Crippen LogP) is 14.1. The maximum atomic E-state index is 14.4. The third-order valence-corrected chi connectivity index (χ3v) is 12.2. The van der Waals surface area contributed by atoms with E-state index in [0.717, 1.165) is 39.5 Å². The van der Waals surface area contributed by atoms with Crippen LogP contribution in [0.4, 0.5) is 37.2 Å². The molecule has 2 nitrogen and oxygen atoms in total. The van der Waals surface area contributed by atoms with Gasteiger partial charge in [0.05, 0.1) is 5.69 Å². The van der Waals surface area contributed by atoms with Crippen molar-refractivity contribution < 1.29 is 8.78 Å². The third-order valence-electron chi connectivity index (χ3n) is 12.2. The Hall–Kier alpha value is -6.52. The number of hydrogen-bond acceptors (Lipinski definition) is 2. The van der Waals surface area contributed by atoms with Gasteiger partial charge in [0.15, 0.2) is 0 Å². The maximum Gasteiger partial charge on any atom is 0.123 e. The first-order valence-corrected chi connectivity index (χ1v) is 19.3. The molecule has 0 amide bonds. The summed E-state index contributed by atoms with van der Waals surface area (Å²) in [6.07, 6.45) is 7.11. The molecule has 0 aromatic heterocycles. The van der Waals surface area contributed by atoms with E-state index in [1.165, 1.54) is 63.1 Å². The quantitative estimate of drug-likeness (QED) is 0.168. The molecule has 0 saturated carbocycles. The SMILES string of the molecule is CC1(C)C2=C(c3ccccc3C3C=C(N(c4ccccc4)c4ccc(F)cc4)C=CC23C)c2cc(N(c3ccccc3)c3ccc(F)cc3)c3ccccc3c21. The minimum absolute atomic E-state index is 0.0310. The van der Waals surface area contributed by atoms with Crippen molar-refractivity contribution in [1.82, 2.24) is 0 Å². The molecule has 0 saturated heterocycles. The van der Waals surface area contributed by atoms with E-state index in [1.807, 2.05) is 48.5 Å². The molecule has 2 unspecified atom stereocenters. The topological polar surface area (TPSA) is 6.48 Å². The van der Waals surface area contributed by atoms with Gasteiger partial charge in [-0.1, -0.05) is 118 Å². The number of nitrogens with zero attached hydrogens (tertiary/aromatic N) is 2. The Morgan fingerprint density at radius 1 is 0.518 bits per heavy atom. The van der Waals surface area contributed by atoms with Crippen LogP contribution in [0, 0.1) is 17.0 Å². The molecular formula is C52H40F2N2. The van der Waals surface area contributed by atoms with E-state index in [9.17, 15) is 8.78 Å². The van der Waals surface area contributed by atoms with Crippen molar-refractivity contribution in [2.75, 3.05) is 9.80 Å². The fourth-order valence-electron chi connectivity index (χ4n) is 9.97. The first kappa shape index (κ1) is 34.0. The highest BCUT2D eigenvalue weighted by Gasteiger charge is 2.54. The summed E-state index contributed by atoms with van der Waals surface area (Å²) in [6.45, 7) is 7.20. The van der Waals surface area contributed by atoms with Gasteiger partial charge in [-0.2, -0.15) is 0 Å². The Labute approximate surface area is 327 Å². The van der Waals surface area contributed by atoms with Crippen LogP contribution < -0.4 is 9.80 Å². The van der Waals surface area contributed by atoms with E-state index < -0.39 is 0 Å². The van der Waals surface area contributed by atoms with Crippen molar-refractivity contribution in [3.8, 4) is 0 Å². The summed E-state index contributed by atoms with van der Waals surface area (Å²) in [5.74, 6) is -0.490. The molecular weight excluding hydrogens is 691 g/mol. The first-order valence-electron chi connectivity index (χ1n) is 19.3. The molecule has 7 aromatic rings. The number of rotatable bonds is 6. The van der Waals surface area contributed by atoms with Crippen LogP contribution in [-0.2, 0) is 5.41 Å². The van der Waals surface area contributed by atoms with E-state index in [2.05, 4.69) is 140 Å². The fourth-order valence-corrected chi connectivity index (χ4v) is 9.97. The standard InChI is InChI=1S/C52H40F2N2/c1-51(2)49-44-21-13-11-19-42(44)47(56(37-16-8-5-9-17-37)39-28-24-35(54)25-29-39)33-45(49)48-43-20-12-10-18-41(43)46-32-40(30-31-52(46,3)50(48)51)55(36-14-6-4-7-15-36)38-26-22-34(53)23-27-38/h4-33,46H,1-3H3. The molecule has 0 bridgehead atoms. The average molecular weight is 731 g/mol. The predicted molar refractivity (Wildman–Crippen MR) is 227 cm³/mol. The van der Waals surface area contributed by atoms with Crippen LogP contribution in [-0.4, -0.2) is 0 Å². The molecule has 272 valence electrons. The van der Waals surface area contributed by atoms with Gasteiger partial charge in [-0.15, -0.1) is 0 Å². The summed E-state index contributed by atoms with van der Waals surface area (Å²) in [5.41, 5.74) is 13.0. The van der Waals surface area contributed by atoms with Gasteiger partial charge in [-0.25, -0.2) is 8.78 Å². The lowest BCUT2D eigenvalue weighted by Crippen LogP contribution is -2.38. The van der Waals surface area contributed by atoms with Crippen LogP contribution >= 0.6 is 0 Å². The number of hydrogen-bond donors (Lipinski definition) is 0. The molecule has 56 heavy (non-hydrogen) atoms. The second-order valence-corrected chi connectivity index (χ2v) is 15.8. The molecule has 2 atom stereocenters. The number of benzene rings is 7. The highest BCUT2D eigenvalue weighted by molar-refractivity contribution is 6.08. The van der Waals surface area contributed by atoms with Crippen molar-refractivity contribution >= 4 is 44.8 Å². The van der Waals surface area contributed by atoms with Crippen LogP contribution in [0.3, 0.4) is 0 Å². The minimum atomic E-state index is -0.363. The third kappa shape index (κ3) is 5.12. The van der Waals surface area contributed by atoms with Crippen LogP contribution in [0.2, 0.25) is 0 Å². The summed E-state index contributed by atoms with van der Waals surface area (Å²) >= 11 is 0. The van der Waals surface area contributed by atoms with Gasteiger partial charge in [0.2, 0.25) is 0 Å². The van der Waals surface area contributed by atoms with E-state index in [-0.39, 0.29) is 28.4 Å². The van der Waals surface area contributed by atoms with Gasteiger partial charge in [0, 0.05) is 50.6 Å². The fraction of sp³-hybridized carbons (Fsp3) is 0.115. The zero-order valence-electron chi connectivity index (χ0n) is 31.5. The molecule has 4 heteroatoms. The molecule has 7 aromatic carbocycles. The normalized spacial score (nSPS) is 18.8. The van der Waals surface area contributed by atoms with Gasteiger partial charge < -0.3 is 9.80 Å². The van der Waals surface area contributed by atoms with E-state index >= 15 is 0 Å². The first-order chi connectivity index (χ1) is 27.2. The Bertz CT molecular complexity index is 2750. The molecule has 0 fully saturated rings. The largest absolute Gasteiger partial charge is 0.311 e. The summed E-state index contributed by atoms with van der Waals surface area (Å²) in [5, 5.41) is 2.35.